The predicted octanol–water partition coefficient (Wildman–Crippen LogP) is 2.77. The van der Waals surface area contributed by atoms with Crippen molar-refractivity contribution in [3.8, 4) is 0 Å². The van der Waals surface area contributed by atoms with Crippen molar-refractivity contribution in [1.82, 2.24) is 9.97 Å². The second kappa shape index (κ2) is 5.20. The van der Waals surface area contributed by atoms with Gasteiger partial charge in [0.15, 0.2) is 0 Å². The Morgan fingerprint density at radius 2 is 2.00 bits per heavy atom. The van der Waals surface area contributed by atoms with Gasteiger partial charge >= 0.3 is 0 Å². The van der Waals surface area contributed by atoms with Crippen LogP contribution < -0.4 is 11.1 Å². The molecule has 0 saturated carbocycles. The molecule has 0 bridgehead atoms. The van der Waals surface area contributed by atoms with E-state index in [1.807, 2.05) is 37.3 Å². The highest BCUT2D eigenvalue weighted by Gasteiger charge is 2.11. The SMILES string of the molecule is Cc1ccc(NC(=O)c2cc(N)c3ccccc3n2)cn1. The fraction of sp³-hybridized carbons (Fsp3) is 0.0625. The van der Waals surface area contributed by atoms with E-state index < -0.39 is 0 Å². The van der Waals surface area contributed by atoms with E-state index >= 15 is 0 Å². The lowest BCUT2D eigenvalue weighted by atomic mass is 10.1. The number of para-hydroxylation sites is 1. The number of hydrogen-bond donors (Lipinski definition) is 2. The number of nitrogens with zero attached hydrogens (tertiary/aromatic N) is 2. The first-order valence-electron chi connectivity index (χ1n) is 6.53. The number of carbonyl (C=O) groups is 1. The van der Waals surface area contributed by atoms with Crippen molar-refractivity contribution in [3.63, 3.8) is 0 Å². The Labute approximate surface area is 121 Å². The average molecular weight is 278 g/mol. The summed E-state index contributed by atoms with van der Waals surface area (Å²) in [5.41, 5.74) is 9.01. The van der Waals surface area contributed by atoms with Gasteiger partial charge in [0, 0.05) is 16.8 Å². The van der Waals surface area contributed by atoms with Crippen LogP contribution in [0.1, 0.15) is 16.2 Å². The molecule has 0 saturated heterocycles. The van der Waals surface area contributed by atoms with Crippen LogP contribution in [0.25, 0.3) is 10.9 Å². The van der Waals surface area contributed by atoms with E-state index in [9.17, 15) is 4.79 Å². The minimum absolute atomic E-state index is 0.284. The first kappa shape index (κ1) is 13.1. The topological polar surface area (TPSA) is 80.9 Å². The number of nitrogen functional groups attached to an aromatic ring is 1. The van der Waals surface area contributed by atoms with Gasteiger partial charge < -0.3 is 11.1 Å². The zero-order chi connectivity index (χ0) is 14.8. The lowest BCUT2D eigenvalue weighted by Gasteiger charge is -2.07. The third kappa shape index (κ3) is 2.67. The molecule has 5 nitrogen and oxygen atoms in total. The maximum absolute atomic E-state index is 12.2. The average Bonchev–Trinajstić information content (AvgIpc) is 2.49. The molecule has 0 atom stereocenters. The lowest BCUT2D eigenvalue weighted by molar-refractivity contribution is 0.102. The van der Waals surface area contributed by atoms with Gasteiger partial charge in [0.05, 0.1) is 17.4 Å². The van der Waals surface area contributed by atoms with Gasteiger partial charge in [-0.05, 0) is 31.2 Å². The molecule has 0 radical (unpaired) electrons. The van der Waals surface area contributed by atoms with Crippen LogP contribution in [0, 0.1) is 6.92 Å². The summed E-state index contributed by atoms with van der Waals surface area (Å²) in [4.78, 5) is 20.7. The van der Waals surface area contributed by atoms with Gasteiger partial charge in [0.1, 0.15) is 5.69 Å². The number of aromatic nitrogens is 2. The van der Waals surface area contributed by atoms with Crippen molar-refractivity contribution < 1.29 is 4.79 Å². The fourth-order valence-corrected chi connectivity index (χ4v) is 2.06. The van der Waals surface area contributed by atoms with E-state index in [0.717, 1.165) is 11.1 Å². The molecule has 104 valence electrons. The molecule has 0 aliphatic rings. The molecule has 0 fully saturated rings. The summed E-state index contributed by atoms with van der Waals surface area (Å²) in [5, 5.41) is 3.60. The van der Waals surface area contributed by atoms with Crippen LogP contribution in [-0.4, -0.2) is 15.9 Å². The number of anilines is 2. The Kier molecular flexibility index (Phi) is 3.23. The van der Waals surface area contributed by atoms with Crippen molar-refractivity contribution in [1.29, 1.82) is 0 Å². The van der Waals surface area contributed by atoms with Crippen LogP contribution in [0.2, 0.25) is 0 Å². The molecule has 0 spiro atoms. The van der Waals surface area contributed by atoms with Gasteiger partial charge in [-0.25, -0.2) is 4.98 Å². The van der Waals surface area contributed by atoms with Gasteiger partial charge in [-0.1, -0.05) is 18.2 Å². The van der Waals surface area contributed by atoms with E-state index in [-0.39, 0.29) is 11.6 Å². The van der Waals surface area contributed by atoms with Crippen molar-refractivity contribution in [3.05, 3.63) is 60.0 Å². The lowest BCUT2D eigenvalue weighted by Crippen LogP contribution is -2.14. The Morgan fingerprint density at radius 1 is 1.19 bits per heavy atom. The third-order valence-electron chi connectivity index (χ3n) is 3.15. The molecule has 2 heterocycles. The number of carbonyl (C=O) groups excluding carboxylic acids is 1. The van der Waals surface area contributed by atoms with Crippen LogP contribution >= 0.6 is 0 Å². The first-order valence-corrected chi connectivity index (χ1v) is 6.53. The van der Waals surface area contributed by atoms with Crippen molar-refractivity contribution in [2.45, 2.75) is 6.92 Å². The minimum atomic E-state index is -0.307. The van der Waals surface area contributed by atoms with E-state index in [0.29, 0.717) is 16.9 Å². The number of nitrogens with one attached hydrogen (secondary N) is 1. The van der Waals surface area contributed by atoms with E-state index in [4.69, 9.17) is 5.73 Å². The Hall–Kier alpha value is -2.95. The minimum Gasteiger partial charge on any atom is -0.398 e. The molecular formula is C16H14N4O. The molecule has 3 N–H and O–H groups in total. The Bertz CT molecular complexity index is 812. The summed E-state index contributed by atoms with van der Waals surface area (Å²) >= 11 is 0. The molecular weight excluding hydrogens is 264 g/mol. The van der Waals surface area contributed by atoms with Gasteiger partial charge in [0.2, 0.25) is 0 Å². The number of aryl methyl sites for hydroxylation is 1. The third-order valence-corrected chi connectivity index (χ3v) is 3.15. The normalized spacial score (nSPS) is 10.5. The molecule has 3 aromatic rings. The number of fused-ring (bicyclic) bond motifs is 1. The second-order valence-electron chi connectivity index (χ2n) is 4.76. The molecule has 1 amide bonds. The summed E-state index contributed by atoms with van der Waals surface area (Å²) in [6, 6.07) is 12.7. The van der Waals surface area contributed by atoms with E-state index in [1.165, 1.54) is 0 Å². The summed E-state index contributed by atoms with van der Waals surface area (Å²) in [6.45, 7) is 1.89. The Balaban J connectivity index is 1.92. The highest BCUT2D eigenvalue weighted by atomic mass is 16.1. The number of benzene rings is 1. The van der Waals surface area contributed by atoms with Crippen LogP contribution in [0.5, 0.6) is 0 Å². The smallest absolute Gasteiger partial charge is 0.274 e. The number of nitrogens with two attached hydrogens (primary N) is 1. The molecule has 21 heavy (non-hydrogen) atoms. The number of amides is 1. The molecule has 1 aromatic carbocycles. The predicted molar refractivity (Wildman–Crippen MR) is 83.1 cm³/mol. The van der Waals surface area contributed by atoms with Gasteiger partial charge in [-0.3, -0.25) is 9.78 Å². The Morgan fingerprint density at radius 3 is 2.76 bits per heavy atom. The summed E-state index contributed by atoms with van der Waals surface area (Å²) in [5.74, 6) is -0.307. The number of rotatable bonds is 2. The van der Waals surface area contributed by atoms with Gasteiger partial charge in [-0.15, -0.1) is 0 Å². The summed E-state index contributed by atoms with van der Waals surface area (Å²) in [6.07, 6.45) is 1.61. The van der Waals surface area contributed by atoms with E-state index in [2.05, 4.69) is 15.3 Å². The highest BCUT2D eigenvalue weighted by molar-refractivity contribution is 6.05. The molecule has 2 aromatic heterocycles. The van der Waals surface area contributed by atoms with Crippen molar-refractivity contribution >= 4 is 28.2 Å². The van der Waals surface area contributed by atoms with E-state index in [1.54, 1.807) is 18.3 Å². The van der Waals surface area contributed by atoms with Crippen LogP contribution in [0.4, 0.5) is 11.4 Å². The molecule has 3 rings (SSSR count). The van der Waals surface area contributed by atoms with Gasteiger partial charge in [0.25, 0.3) is 5.91 Å². The molecule has 5 heteroatoms. The molecule has 0 unspecified atom stereocenters. The molecule has 0 aliphatic carbocycles. The molecule has 0 aliphatic heterocycles. The maximum Gasteiger partial charge on any atom is 0.274 e. The fourth-order valence-electron chi connectivity index (χ4n) is 2.06. The largest absolute Gasteiger partial charge is 0.398 e. The van der Waals surface area contributed by atoms with Gasteiger partial charge in [-0.2, -0.15) is 0 Å². The number of hydrogen-bond acceptors (Lipinski definition) is 4. The van der Waals surface area contributed by atoms with Crippen LogP contribution in [0.3, 0.4) is 0 Å². The highest BCUT2D eigenvalue weighted by Crippen LogP contribution is 2.20. The van der Waals surface area contributed by atoms with Crippen LogP contribution in [-0.2, 0) is 0 Å². The monoisotopic (exact) mass is 278 g/mol. The summed E-state index contributed by atoms with van der Waals surface area (Å²) < 4.78 is 0. The zero-order valence-electron chi connectivity index (χ0n) is 11.5. The van der Waals surface area contributed by atoms with Crippen LogP contribution in [0.15, 0.2) is 48.7 Å². The van der Waals surface area contributed by atoms with Crippen molar-refractivity contribution in [2.24, 2.45) is 0 Å². The van der Waals surface area contributed by atoms with Crippen molar-refractivity contribution in [2.75, 3.05) is 11.1 Å². The quantitative estimate of drug-likeness (QED) is 0.755. The summed E-state index contributed by atoms with van der Waals surface area (Å²) in [7, 11) is 0. The first-order chi connectivity index (χ1) is 10.1. The number of pyridine rings is 2. The standard InChI is InChI=1S/C16H14N4O/c1-10-6-7-11(9-18-10)19-16(21)15-8-13(17)12-4-2-3-5-14(12)20-15/h2-9H,1H3,(H2,17,20)(H,19,21). The second-order valence-corrected chi connectivity index (χ2v) is 4.76. The zero-order valence-corrected chi connectivity index (χ0v) is 11.5. The maximum atomic E-state index is 12.2.